The van der Waals surface area contributed by atoms with Crippen molar-refractivity contribution in [3.63, 3.8) is 0 Å². The van der Waals surface area contributed by atoms with Crippen molar-refractivity contribution in [3.05, 3.63) is 0 Å². The lowest BCUT2D eigenvalue weighted by atomic mass is 9.89. The van der Waals surface area contributed by atoms with Crippen LogP contribution >= 0.6 is 24.0 Å². The van der Waals surface area contributed by atoms with Crippen LogP contribution < -0.4 is 16.0 Å². The van der Waals surface area contributed by atoms with E-state index in [2.05, 4.69) is 20.9 Å². The summed E-state index contributed by atoms with van der Waals surface area (Å²) >= 11 is 0. The number of rotatable bonds is 8. The number of likely N-dealkylation sites (N-methyl/N-ethyl adjacent to an activating group) is 1. The van der Waals surface area contributed by atoms with Crippen LogP contribution in [-0.2, 0) is 9.53 Å². The number of carbonyl (C=O) groups excluding carboxylic acids is 2. The van der Waals surface area contributed by atoms with Gasteiger partial charge in [-0.15, -0.1) is 24.0 Å². The summed E-state index contributed by atoms with van der Waals surface area (Å²) in [6.45, 7) is 7.65. The van der Waals surface area contributed by atoms with Gasteiger partial charge in [0.05, 0.1) is 0 Å². The van der Waals surface area contributed by atoms with Gasteiger partial charge in [-0.3, -0.25) is 4.79 Å². The summed E-state index contributed by atoms with van der Waals surface area (Å²) in [6.07, 6.45) is 6.73. The Hall–Kier alpha value is -1.26. The topological polar surface area (TPSA) is 95.1 Å². The molecule has 0 unspecified atom stereocenters. The molecule has 1 aliphatic rings. The monoisotopic (exact) mass is 525 g/mol. The van der Waals surface area contributed by atoms with Gasteiger partial charge >= 0.3 is 6.09 Å². The summed E-state index contributed by atoms with van der Waals surface area (Å²) in [7, 11) is 3.45. The van der Waals surface area contributed by atoms with Crippen LogP contribution in [0.25, 0.3) is 0 Å². The number of hydrogen-bond donors (Lipinski definition) is 3. The summed E-state index contributed by atoms with van der Waals surface area (Å²) in [5, 5.41) is 9.36. The molecule has 0 atom stereocenters. The molecule has 0 aromatic rings. The lowest BCUT2D eigenvalue weighted by Gasteiger charge is -2.23. The highest BCUT2D eigenvalue weighted by molar-refractivity contribution is 14.0. The molecular formula is C20H40IN5O3. The molecule has 1 aliphatic carbocycles. The number of aliphatic imine (C=N–C) groups is 1. The Bertz CT molecular complexity index is 515. The molecule has 0 aliphatic heterocycles. The Morgan fingerprint density at radius 2 is 1.66 bits per heavy atom. The number of hydrogen-bond acceptors (Lipinski definition) is 4. The van der Waals surface area contributed by atoms with Gasteiger partial charge in [0.15, 0.2) is 5.96 Å². The molecule has 1 rings (SSSR count). The molecule has 0 spiro atoms. The molecule has 8 nitrogen and oxygen atoms in total. The van der Waals surface area contributed by atoms with E-state index in [1.54, 1.807) is 14.1 Å². The van der Waals surface area contributed by atoms with Crippen LogP contribution in [-0.4, -0.2) is 68.7 Å². The van der Waals surface area contributed by atoms with Gasteiger partial charge in [-0.2, -0.15) is 0 Å². The lowest BCUT2D eigenvalue weighted by Crippen LogP contribution is -2.42. The molecule has 0 aromatic carbocycles. The Balaban J connectivity index is 0.00000784. The molecule has 2 amide bonds. The third-order valence-electron chi connectivity index (χ3n) is 4.47. The molecule has 0 heterocycles. The number of halogens is 1. The highest BCUT2D eigenvalue weighted by atomic mass is 127. The number of ether oxygens (including phenoxy) is 1. The van der Waals surface area contributed by atoms with Crippen molar-refractivity contribution >= 4 is 41.9 Å². The zero-order valence-corrected chi connectivity index (χ0v) is 21.0. The van der Waals surface area contributed by atoms with Crippen molar-refractivity contribution in [2.75, 3.05) is 40.3 Å². The minimum atomic E-state index is -0.496. The molecule has 0 radical (unpaired) electrons. The largest absolute Gasteiger partial charge is 0.444 e. The molecule has 1 saturated carbocycles. The van der Waals surface area contributed by atoms with Gasteiger partial charge in [0.25, 0.3) is 0 Å². The predicted molar refractivity (Wildman–Crippen MR) is 128 cm³/mol. The van der Waals surface area contributed by atoms with E-state index in [0.29, 0.717) is 25.0 Å². The first-order valence-electron chi connectivity index (χ1n) is 10.4. The fraction of sp³-hybridized carbons (Fsp3) is 0.850. The van der Waals surface area contributed by atoms with E-state index < -0.39 is 11.7 Å². The maximum atomic E-state index is 11.8. The van der Waals surface area contributed by atoms with E-state index in [-0.39, 0.29) is 36.4 Å². The summed E-state index contributed by atoms with van der Waals surface area (Å²) in [6, 6.07) is 0. The van der Waals surface area contributed by atoms with Crippen molar-refractivity contribution in [2.45, 2.75) is 64.9 Å². The molecule has 0 aromatic heterocycles. The van der Waals surface area contributed by atoms with Crippen LogP contribution in [0.2, 0.25) is 0 Å². The smallest absolute Gasteiger partial charge is 0.407 e. The second kappa shape index (κ2) is 14.7. The molecule has 170 valence electrons. The summed E-state index contributed by atoms with van der Waals surface area (Å²) in [5.74, 6) is 1.28. The van der Waals surface area contributed by atoms with E-state index >= 15 is 0 Å². The SMILES string of the molecule is CN(C)C(=O)CN=C(NCCCNC(=O)OC(C)(C)C)NCC1CCCCC1.I. The molecule has 3 N–H and O–H groups in total. The number of nitrogens with zero attached hydrogens (tertiary/aromatic N) is 2. The first kappa shape index (κ1) is 27.7. The van der Waals surface area contributed by atoms with Gasteiger partial charge in [-0.05, 0) is 46.0 Å². The Labute approximate surface area is 193 Å². The molecular weight excluding hydrogens is 485 g/mol. The normalized spacial score (nSPS) is 15.1. The van der Waals surface area contributed by atoms with Crippen LogP contribution in [0.3, 0.4) is 0 Å². The van der Waals surface area contributed by atoms with Crippen LogP contribution in [0, 0.1) is 5.92 Å². The summed E-state index contributed by atoms with van der Waals surface area (Å²) < 4.78 is 5.21. The number of guanidine groups is 1. The number of carbonyl (C=O) groups is 2. The molecule has 0 bridgehead atoms. The first-order valence-corrected chi connectivity index (χ1v) is 10.4. The minimum absolute atomic E-state index is 0. The van der Waals surface area contributed by atoms with Gasteiger partial charge < -0.3 is 25.6 Å². The zero-order valence-electron chi connectivity index (χ0n) is 18.7. The second-order valence-electron chi connectivity index (χ2n) is 8.55. The predicted octanol–water partition coefficient (Wildman–Crippen LogP) is 2.72. The van der Waals surface area contributed by atoms with Crippen LogP contribution in [0.5, 0.6) is 0 Å². The highest BCUT2D eigenvalue weighted by Crippen LogP contribution is 2.22. The summed E-state index contributed by atoms with van der Waals surface area (Å²) in [5.41, 5.74) is -0.496. The maximum absolute atomic E-state index is 11.8. The minimum Gasteiger partial charge on any atom is -0.444 e. The van der Waals surface area contributed by atoms with Gasteiger partial charge in [-0.1, -0.05) is 19.3 Å². The summed E-state index contributed by atoms with van der Waals surface area (Å²) in [4.78, 5) is 29.4. The second-order valence-corrected chi connectivity index (χ2v) is 8.55. The van der Waals surface area contributed by atoms with Gasteiger partial charge in [0, 0.05) is 33.7 Å². The van der Waals surface area contributed by atoms with Crippen LogP contribution in [0.15, 0.2) is 4.99 Å². The standard InChI is InChI=1S/C20H39N5O3.HI/c1-20(2,3)28-19(27)22-13-9-12-21-18(24-15-17(26)25(4)5)23-14-16-10-7-6-8-11-16;/h16H,6-15H2,1-5H3,(H,22,27)(H2,21,23,24);1H. The van der Waals surface area contributed by atoms with Crippen molar-refractivity contribution < 1.29 is 14.3 Å². The number of alkyl carbamates (subject to hydrolysis) is 1. The molecule has 29 heavy (non-hydrogen) atoms. The zero-order chi connectivity index (χ0) is 21.0. The van der Waals surface area contributed by atoms with E-state index in [1.165, 1.54) is 37.0 Å². The number of nitrogens with one attached hydrogen (secondary N) is 3. The average molecular weight is 525 g/mol. The number of amides is 2. The van der Waals surface area contributed by atoms with E-state index in [4.69, 9.17) is 4.74 Å². The van der Waals surface area contributed by atoms with Gasteiger partial charge in [0.1, 0.15) is 12.1 Å². The van der Waals surface area contributed by atoms with Crippen LogP contribution in [0.1, 0.15) is 59.3 Å². The molecule has 0 saturated heterocycles. The van der Waals surface area contributed by atoms with Crippen LogP contribution in [0.4, 0.5) is 4.79 Å². The molecule has 9 heteroatoms. The quantitative estimate of drug-likeness (QED) is 0.196. The van der Waals surface area contributed by atoms with Gasteiger partial charge in [0.2, 0.25) is 5.91 Å². The third-order valence-corrected chi connectivity index (χ3v) is 4.47. The van der Waals surface area contributed by atoms with E-state index in [1.807, 2.05) is 20.8 Å². The Kier molecular flexibility index (Phi) is 14.0. The van der Waals surface area contributed by atoms with Crippen molar-refractivity contribution in [1.29, 1.82) is 0 Å². The average Bonchev–Trinajstić information content (AvgIpc) is 2.62. The lowest BCUT2D eigenvalue weighted by molar-refractivity contribution is -0.127. The fourth-order valence-corrected chi connectivity index (χ4v) is 2.89. The van der Waals surface area contributed by atoms with Crippen molar-refractivity contribution in [3.8, 4) is 0 Å². The maximum Gasteiger partial charge on any atom is 0.407 e. The molecule has 1 fully saturated rings. The Morgan fingerprint density at radius 1 is 1.03 bits per heavy atom. The highest BCUT2D eigenvalue weighted by Gasteiger charge is 2.16. The van der Waals surface area contributed by atoms with Crippen molar-refractivity contribution in [2.24, 2.45) is 10.9 Å². The van der Waals surface area contributed by atoms with E-state index in [9.17, 15) is 9.59 Å². The first-order chi connectivity index (χ1) is 13.2. The Morgan fingerprint density at radius 3 is 2.24 bits per heavy atom. The van der Waals surface area contributed by atoms with E-state index in [0.717, 1.165) is 13.0 Å². The van der Waals surface area contributed by atoms with Crippen molar-refractivity contribution in [1.82, 2.24) is 20.9 Å². The third kappa shape index (κ3) is 14.4. The fourth-order valence-electron chi connectivity index (χ4n) is 2.89. The van der Waals surface area contributed by atoms with Gasteiger partial charge in [-0.25, -0.2) is 9.79 Å².